The molecule has 0 aliphatic carbocycles. The number of ether oxygens (including phenoxy) is 3. The van der Waals surface area contributed by atoms with Crippen molar-refractivity contribution >= 4 is 16.9 Å². The van der Waals surface area contributed by atoms with Crippen molar-refractivity contribution in [1.29, 1.82) is 0 Å². The molecular weight excluding hydrogens is 628 g/mol. The first-order chi connectivity index (χ1) is 24.5. The minimum Gasteiger partial charge on any atom is -0.392 e. The maximum atomic E-state index is 12.9. The second-order valence-electron chi connectivity index (χ2n) is 13.3. The van der Waals surface area contributed by atoms with Gasteiger partial charge in [-0.15, -0.1) is 0 Å². The smallest absolute Gasteiger partial charge is 0.271 e. The number of benzene rings is 4. The van der Waals surface area contributed by atoms with Crippen LogP contribution < -0.4 is 5.32 Å². The van der Waals surface area contributed by atoms with E-state index in [9.17, 15) is 9.90 Å². The van der Waals surface area contributed by atoms with Gasteiger partial charge in [0, 0.05) is 37.7 Å². The molecule has 4 aromatic carbocycles. The lowest BCUT2D eigenvalue weighted by Gasteiger charge is -2.43. The fourth-order valence-corrected chi connectivity index (χ4v) is 7.11. The van der Waals surface area contributed by atoms with Crippen LogP contribution in [0, 0.1) is 5.92 Å². The molecule has 2 saturated heterocycles. The van der Waals surface area contributed by atoms with Gasteiger partial charge in [-0.2, -0.15) is 0 Å². The van der Waals surface area contributed by atoms with E-state index >= 15 is 0 Å². The van der Waals surface area contributed by atoms with E-state index in [0.717, 1.165) is 71.4 Å². The number of carbonyl (C=O) groups excluding carboxylic acids is 1. The first-order valence-electron chi connectivity index (χ1n) is 17.4. The van der Waals surface area contributed by atoms with Crippen LogP contribution in [0.15, 0.2) is 103 Å². The Morgan fingerprint density at radius 3 is 2.48 bits per heavy atom. The van der Waals surface area contributed by atoms with E-state index in [4.69, 9.17) is 14.2 Å². The Labute approximate surface area is 293 Å². The summed E-state index contributed by atoms with van der Waals surface area (Å²) in [7, 11) is 1.77. The van der Waals surface area contributed by atoms with E-state index in [0.29, 0.717) is 23.8 Å². The number of likely N-dealkylation sites (tertiary alicyclic amines) is 1. The number of nitrogens with zero attached hydrogens (tertiary/aromatic N) is 3. The van der Waals surface area contributed by atoms with Gasteiger partial charge in [-0.25, -0.2) is 4.98 Å². The average molecular weight is 673 g/mol. The van der Waals surface area contributed by atoms with E-state index in [1.54, 1.807) is 7.11 Å². The highest BCUT2D eigenvalue weighted by atomic mass is 16.7. The molecule has 0 bridgehead atoms. The van der Waals surface area contributed by atoms with Crippen LogP contribution in [0.2, 0.25) is 0 Å². The second-order valence-corrected chi connectivity index (χ2v) is 13.3. The summed E-state index contributed by atoms with van der Waals surface area (Å²) in [5, 5.41) is 12.6. The average Bonchev–Trinajstić information content (AvgIpc) is 3.61. The summed E-state index contributed by atoms with van der Waals surface area (Å²) in [6.07, 6.45) is 3.07. The Balaban J connectivity index is 1.06. The number of methoxy groups -OCH3 is 1. The van der Waals surface area contributed by atoms with E-state index in [2.05, 4.69) is 75.6 Å². The van der Waals surface area contributed by atoms with Crippen molar-refractivity contribution in [1.82, 2.24) is 20.2 Å². The summed E-state index contributed by atoms with van der Waals surface area (Å²) in [5.41, 5.74) is 7.73. The summed E-state index contributed by atoms with van der Waals surface area (Å²) in [4.78, 5) is 24.2. The third-order valence-corrected chi connectivity index (χ3v) is 9.97. The minimum absolute atomic E-state index is 0.00990. The Hall–Kier alpha value is -4.51. The molecule has 7 rings (SSSR count). The molecule has 0 saturated carbocycles. The predicted molar refractivity (Wildman–Crippen MR) is 192 cm³/mol. The first kappa shape index (κ1) is 34.0. The quantitative estimate of drug-likeness (QED) is 0.161. The summed E-state index contributed by atoms with van der Waals surface area (Å²) in [6, 6.07) is 32.5. The third kappa shape index (κ3) is 7.62. The molecule has 1 aromatic heterocycles. The molecule has 2 aliphatic rings. The minimum atomic E-state index is -0.531. The van der Waals surface area contributed by atoms with Crippen molar-refractivity contribution in [3.63, 3.8) is 0 Å². The molecule has 2 N–H and O–H groups in total. The van der Waals surface area contributed by atoms with Gasteiger partial charge >= 0.3 is 0 Å². The summed E-state index contributed by atoms with van der Waals surface area (Å²) < 4.78 is 19.0. The molecular formula is C41H44N4O5. The predicted octanol–water partition coefficient (Wildman–Crippen LogP) is 6.62. The monoisotopic (exact) mass is 672 g/mol. The number of rotatable bonds is 11. The number of aliphatic hydroxyl groups excluding tert-OH is 1. The van der Waals surface area contributed by atoms with E-state index in [-0.39, 0.29) is 30.6 Å². The molecule has 9 nitrogen and oxygen atoms in total. The lowest BCUT2D eigenvalue weighted by Crippen LogP contribution is -2.46. The van der Waals surface area contributed by atoms with Crippen LogP contribution in [0.3, 0.4) is 0 Å². The van der Waals surface area contributed by atoms with Crippen LogP contribution in [0.25, 0.3) is 22.2 Å². The summed E-state index contributed by atoms with van der Waals surface area (Å²) in [5.74, 6) is -0.148. The van der Waals surface area contributed by atoms with Crippen molar-refractivity contribution in [3.05, 3.63) is 131 Å². The highest BCUT2D eigenvalue weighted by Gasteiger charge is 2.40. The number of hydrogen-bond donors (Lipinski definition) is 2. The van der Waals surface area contributed by atoms with Crippen molar-refractivity contribution in [2.45, 2.75) is 57.5 Å². The normalized spacial score (nSPS) is 22.5. The fourth-order valence-electron chi connectivity index (χ4n) is 7.11. The van der Waals surface area contributed by atoms with Crippen molar-refractivity contribution in [3.8, 4) is 11.1 Å². The number of carbonyl (C=O) groups is 1. The lowest BCUT2D eigenvalue weighted by atomic mass is 9.89. The molecule has 0 unspecified atom stereocenters. The zero-order chi connectivity index (χ0) is 34.5. The Bertz CT molecular complexity index is 1900. The third-order valence-electron chi connectivity index (χ3n) is 9.97. The lowest BCUT2D eigenvalue weighted by molar-refractivity contribution is -0.276. The molecule has 5 atom stereocenters. The van der Waals surface area contributed by atoms with Gasteiger partial charge in [-0.3, -0.25) is 14.7 Å². The van der Waals surface area contributed by atoms with Crippen molar-refractivity contribution in [2.75, 3.05) is 26.8 Å². The Morgan fingerprint density at radius 1 is 0.920 bits per heavy atom. The maximum absolute atomic E-state index is 12.9. The number of aromatic nitrogens is 2. The molecule has 2 fully saturated rings. The maximum Gasteiger partial charge on any atom is 0.271 e. The van der Waals surface area contributed by atoms with Gasteiger partial charge in [0.15, 0.2) is 6.29 Å². The molecule has 9 heteroatoms. The zero-order valence-electron chi connectivity index (χ0n) is 28.6. The van der Waals surface area contributed by atoms with Gasteiger partial charge in [-0.1, -0.05) is 85.8 Å². The van der Waals surface area contributed by atoms with E-state index in [1.165, 1.54) is 6.20 Å². The Kier molecular flexibility index (Phi) is 10.6. The number of nitrogens with one attached hydrogen (secondary N) is 1. The van der Waals surface area contributed by atoms with Gasteiger partial charge in [0.2, 0.25) is 0 Å². The van der Waals surface area contributed by atoms with Crippen LogP contribution in [0.1, 0.15) is 64.9 Å². The molecule has 5 aromatic rings. The summed E-state index contributed by atoms with van der Waals surface area (Å²) in [6.45, 7) is 5.16. The van der Waals surface area contributed by atoms with E-state index < -0.39 is 6.29 Å². The fraction of sp³-hybridized carbons (Fsp3) is 0.341. The first-order valence-corrected chi connectivity index (χ1v) is 17.4. The molecule has 50 heavy (non-hydrogen) atoms. The van der Waals surface area contributed by atoms with Crippen LogP contribution >= 0.6 is 0 Å². The van der Waals surface area contributed by atoms with Crippen molar-refractivity contribution < 1.29 is 24.1 Å². The molecule has 2 aliphatic heterocycles. The molecule has 1 amide bonds. The number of hydrogen-bond acceptors (Lipinski definition) is 8. The van der Waals surface area contributed by atoms with Gasteiger partial charge < -0.3 is 24.6 Å². The number of fused-ring (bicyclic) bond motifs is 1. The van der Waals surface area contributed by atoms with Gasteiger partial charge in [0.05, 0.1) is 42.7 Å². The van der Waals surface area contributed by atoms with Crippen LogP contribution in [0.5, 0.6) is 0 Å². The highest BCUT2D eigenvalue weighted by Crippen LogP contribution is 2.42. The largest absolute Gasteiger partial charge is 0.392 e. The Morgan fingerprint density at radius 2 is 1.70 bits per heavy atom. The standard InChI is InChI=1S/C41H44N4O5/c1-27-38(24-45-20-6-9-34(45)26-48-2)49-41(50-39(27)31-14-12-28(25-46)13-15-31)32-18-16-30(17-19-32)33-8-5-7-29(21-33)22-43-40(47)37-23-42-35-10-3-4-11-36(35)44-37/h3-5,7-8,10-19,21,23,27,34,38-39,41,46H,6,9,20,22,24-26H2,1-2H3,(H,43,47)/t27-,34-,38+,39+,41+/m0/s1. The SMILES string of the molecule is COC[C@@H]1CCCN1C[C@H]1O[C@@H](c2ccc(-c3cccc(CNC(=O)c4cnc5ccccc5n4)c3)cc2)O[C@@H](c2ccc(CO)cc2)[C@H]1C. The molecule has 0 radical (unpaired) electrons. The highest BCUT2D eigenvalue weighted by molar-refractivity contribution is 5.93. The molecule has 0 spiro atoms. The second kappa shape index (κ2) is 15.6. The molecule has 3 heterocycles. The number of amides is 1. The van der Waals surface area contributed by atoms with Gasteiger partial charge in [0.1, 0.15) is 5.69 Å². The van der Waals surface area contributed by atoms with Crippen molar-refractivity contribution in [2.24, 2.45) is 5.92 Å². The van der Waals surface area contributed by atoms with Crippen LogP contribution in [-0.2, 0) is 27.4 Å². The molecule has 258 valence electrons. The van der Waals surface area contributed by atoms with Gasteiger partial charge in [0.25, 0.3) is 5.91 Å². The number of aliphatic hydroxyl groups is 1. The zero-order valence-corrected chi connectivity index (χ0v) is 28.6. The van der Waals surface area contributed by atoms with Gasteiger partial charge in [-0.05, 0) is 65.4 Å². The summed E-state index contributed by atoms with van der Waals surface area (Å²) >= 11 is 0. The van der Waals surface area contributed by atoms with Crippen LogP contribution in [-0.4, -0.2) is 64.8 Å². The van der Waals surface area contributed by atoms with E-state index in [1.807, 2.05) is 48.5 Å². The number of para-hydroxylation sites is 2. The van der Waals surface area contributed by atoms with Crippen LogP contribution in [0.4, 0.5) is 0 Å². The topological polar surface area (TPSA) is 106 Å².